The first-order valence-electron chi connectivity index (χ1n) is 10.6. The number of anilines is 2. The van der Waals surface area contributed by atoms with Gasteiger partial charge in [-0.25, -0.2) is 0 Å². The van der Waals surface area contributed by atoms with Gasteiger partial charge in [0.2, 0.25) is 0 Å². The molecular formula is C26H25Cl2N3O. The zero-order valence-corrected chi connectivity index (χ0v) is 19.6. The number of nitrogens with one attached hydrogen (secondary N) is 1. The highest BCUT2D eigenvalue weighted by Crippen LogP contribution is 2.38. The third kappa shape index (κ3) is 4.83. The van der Waals surface area contributed by atoms with E-state index in [2.05, 4.69) is 29.0 Å². The second-order valence-corrected chi connectivity index (χ2v) is 8.52. The lowest BCUT2D eigenvalue weighted by atomic mass is 9.99. The predicted octanol–water partition coefficient (Wildman–Crippen LogP) is 7.50. The van der Waals surface area contributed by atoms with E-state index in [0.29, 0.717) is 16.6 Å². The molecule has 32 heavy (non-hydrogen) atoms. The van der Waals surface area contributed by atoms with Gasteiger partial charge < -0.3 is 10.4 Å². The fourth-order valence-corrected chi connectivity index (χ4v) is 4.10. The van der Waals surface area contributed by atoms with Crippen LogP contribution in [0.5, 0.6) is 5.75 Å². The Morgan fingerprint density at radius 3 is 2.34 bits per heavy atom. The van der Waals surface area contributed by atoms with Crippen LogP contribution in [0, 0.1) is 0 Å². The number of hydrogen-bond acceptors (Lipinski definition) is 4. The van der Waals surface area contributed by atoms with Gasteiger partial charge in [0.05, 0.1) is 5.52 Å². The Kier molecular flexibility index (Phi) is 6.85. The summed E-state index contributed by atoms with van der Waals surface area (Å²) < 4.78 is 0. The minimum Gasteiger partial charge on any atom is -0.507 e. The zero-order chi connectivity index (χ0) is 22.7. The van der Waals surface area contributed by atoms with Crippen molar-refractivity contribution in [3.05, 3.63) is 82.5 Å². The van der Waals surface area contributed by atoms with Gasteiger partial charge in [-0.1, -0.05) is 49.2 Å². The van der Waals surface area contributed by atoms with Crippen molar-refractivity contribution in [2.45, 2.75) is 20.4 Å². The monoisotopic (exact) mass is 465 g/mol. The number of nitrogens with zero attached hydrogens (tertiary/aromatic N) is 2. The van der Waals surface area contributed by atoms with Crippen LogP contribution >= 0.6 is 23.2 Å². The molecule has 0 saturated carbocycles. The smallest absolute Gasteiger partial charge is 0.128 e. The van der Waals surface area contributed by atoms with Crippen molar-refractivity contribution in [1.82, 2.24) is 9.88 Å². The van der Waals surface area contributed by atoms with Crippen LogP contribution in [0.15, 0.2) is 66.9 Å². The molecule has 0 saturated heterocycles. The molecule has 0 atom stereocenters. The van der Waals surface area contributed by atoms with E-state index in [1.807, 2.05) is 60.7 Å². The van der Waals surface area contributed by atoms with Crippen LogP contribution in [0.25, 0.3) is 22.0 Å². The van der Waals surface area contributed by atoms with Gasteiger partial charge in [0.15, 0.2) is 0 Å². The number of hydrogen-bond donors (Lipinski definition) is 2. The molecule has 4 nitrogen and oxygen atoms in total. The maximum Gasteiger partial charge on any atom is 0.128 e. The lowest BCUT2D eigenvalue weighted by Crippen LogP contribution is -2.22. The molecule has 3 aromatic carbocycles. The van der Waals surface area contributed by atoms with Gasteiger partial charge in [-0.2, -0.15) is 0 Å². The number of fused-ring (bicyclic) bond motifs is 1. The standard InChI is InChI=1S/C26H25Cl2N3O/c1-3-31(4-2)16-18-13-21(15-23(26(18)32)17-5-7-19(27)8-6-17)30-24-11-12-29-25-14-20(28)9-10-22(24)25/h5-15,32H,3-4,16H2,1-2H3,(H,29,30). The Hall–Kier alpha value is -2.79. The largest absolute Gasteiger partial charge is 0.507 e. The first-order chi connectivity index (χ1) is 15.5. The summed E-state index contributed by atoms with van der Waals surface area (Å²) in [7, 11) is 0. The Bertz CT molecular complexity index is 1240. The maximum atomic E-state index is 11.1. The van der Waals surface area contributed by atoms with Crippen molar-refractivity contribution in [2.24, 2.45) is 0 Å². The van der Waals surface area contributed by atoms with Gasteiger partial charge in [-0.3, -0.25) is 9.88 Å². The number of phenols is 1. The molecule has 1 heterocycles. The molecule has 0 aliphatic rings. The fourth-order valence-electron chi connectivity index (χ4n) is 3.81. The van der Waals surface area contributed by atoms with Gasteiger partial charge in [-0.15, -0.1) is 0 Å². The van der Waals surface area contributed by atoms with Crippen LogP contribution in [0.2, 0.25) is 10.0 Å². The van der Waals surface area contributed by atoms with E-state index in [1.54, 1.807) is 6.20 Å². The molecule has 0 fully saturated rings. The van der Waals surface area contributed by atoms with E-state index >= 15 is 0 Å². The molecule has 2 N–H and O–H groups in total. The summed E-state index contributed by atoms with van der Waals surface area (Å²) >= 11 is 12.2. The van der Waals surface area contributed by atoms with E-state index in [4.69, 9.17) is 23.2 Å². The Morgan fingerprint density at radius 1 is 0.906 bits per heavy atom. The van der Waals surface area contributed by atoms with Crippen LogP contribution in [-0.2, 0) is 6.54 Å². The van der Waals surface area contributed by atoms with E-state index in [0.717, 1.165) is 52.1 Å². The van der Waals surface area contributed by atoms with E-state index in [-0.39, 0.29) is 5.75 Å². The molecule has 0 radical (unpaired) electrons. The summed E-state index contributed by atoms with van der Waals surface area (Å²) in [6, 6.07) is 19.1. The van der Waals surface area contributed by atoms with Crippen LogP contribution in [-0.4, -0.2) is 28.1 Å². The highest BCUT2D eigenvalue weighted by atomic mass is 35.5. The van der Waals surface area contributed by atoms with Gasteiger partial charge in [0.1, 0.15) is 5.75 Å². The third-order valence-corrected chi connectivity index (χ3v) is 6.10. The highest BCUT2D eigenvalue weighted by molar-refractivity contribution is 6.31. The number of aromatic hydroxyl groups is 1. The summed E-state index contributed by atoms with van der Waals surface area (Å²) in [6.07, 6.45) is 1.76. The Balaban J connectivity index is 1.81. The van der Waals surface area contributed by atoms with E-state index < -0.39 is 0 Å². The molecule has 0 aliphatic heterocycles. The number of rotatable bonds is 7. The Morgan fingerprint density at radius 2 is 1.62 bits per heavy atom. The molecule has 0 bridgehead atoms. The maximum absolute atomic E-state index is 11.1. The molecule has 164 valence electrons. The number of halogens is 2. The summed E-state index contributed by atoms with van der Waals surface area (Å²) in [5.74, 6) is 0.288. The average Bonchev–Trinajstić information content (AvgIpc) is 2.79. The van der Waals surface area contributed by atoms with E-state index in [9.17, 15) is 5.11 Å². The molecule has 4 aromatic rings. The quantitative estimate of drug-likeness (QED) is 0.277. The molecule has 6 heteroatoms. The summed E-state index contributed by atoms with van der Waals surface area (Å²) in [4.78, 5) is 6.70. The van der Waals surface area contributed by atoms with Crippen molar-refractivity contribution >= 4 is 45.5 Å². The number of benzene rings is 3. The van der Waals surface area contributed by atoms with Crippen LogP contribution in [0.1, 0.15) is 19.4 Å². The fraction of sp³-hybridized carbons (Fsp3) is 0.192. The summed E-state index contributed by atoms with van der Waals surface area (Å²) in [5, 5.41) is 16.9. The van der Waals surface area contributed by atoms with Crippen LogP contribution < -0.4 is 5.32 Å². The normalized spacial score (nSPS) is 11.3. The topological polar surface area (TPSA) is 48.4 Å². The van der Waals surface area contributed by atoms with Crippen molar-refractivity contribution in [3.63, 3.8) is 0 Å². The predicted molar refractivity (Wildman–Crippen MR) is 135 cm³/mol. The highest BCUT2D eigenvalue weighted by Gasteiger charge is 2.15. The van der Waals surface area contributed by atoms with Crippen molar-refractivity contribution < 1.29 is 5.11 Å². The molecule has 1 aromatic heterocycles. The second-order valence-electron chi connectivity index (χ2n) is 7.64. The van der Waals surface area contributed by atoms with Gasteiger partial charge in [0, 0.05) is 50.7 Å². The third-order valence-electron chi connectivity index (χ3n) is 5.62. The van der Waals surface area contributed by atoms with Crippen molar-refractivity contribution in [3.8, 4) is 16.9 Å². The van der Waals surface area contributed by atoms with Crippen LogP contribution in [0.3, 0.4) is 0 Å². The second kappa shape index (κ2) is 9.78. The van der Waals surface area contributed by atoms with Gasteiger partial charge in [-0.05, 0) is 67.2 Å². The number of aromatic nitrogens is 1. The molecular weight excluding hydrogens is 441 g/mol. The van der Waals surface area contributed by atoms with Crippen LogP contribution in [0.4, 0.5) is 11.4 Å². The Labute approximate surface area is 198 Å². The average molecular weight is 466 g/mol. The van der Waals surface area contributed by atoms with Gasteiger partial charge in [0.25, 0.3) is 0 Å². The van der Waals surface area contributed by atoms with Gasteiger partial charge >= 0.3 is 0 Å². The summed E-state index contributed by atoms with van der Waals surface area (Å²) in [5.41, 5.74) is 5.16. The lowest BCUT2D eigenvalue weighted by molar-refractivity contribution is 0.291. The minimum absolute atomic E-state index is 0.288. The number of pyridine rings is 1. The lowest BCUT2D eigenvalue weighted by Gasteiger charge is -2.21. The molecule has 0 aliphatic carbocycles. The number of phenolic OH excluding ortho intramolecular Hbond substituents is 1. The van der Waals surface area contributed by atoms with E-state index in [1.165, 1.54) is 0 Å². The minimum atomic E-state index is 0.288. The first-order valence-corrected chi connectivity index (χ1v) is 11.4. The first kappa shape index (κ1) is 22.4. The SMILES string of the molecule is CCN(CC)Cc1cc(Nc2ccnc3cc(Cl)ccc23)cc(-c2ccc(Cl)cc2)c1O. The molecule has 0 unspecified atom stereocenters. The summed E-state index contributed by atoms with van der Waals surface area (Å²) in [6.45, 7) is 6.70. The van der Waals surface area contributed by atoms with Crippen molar-refractivity contribution in [1.29, 1.82) is 0 Å². The zero-order valence-electron chi connectivity index (χ0n) is 18.1. The van der Waals surface area contributed by atoms with Crippen molar-refractivity contribution in [2.75, 3.05) is 18.4 Å². The molecule has 4 rings (SSSR count). The molecule has 0 spiro atoms. The molecule has 0 amide bonds.